The molecule has 1 aliphatic heterocycles. The Morgan fingerprint density at radius 2 is 1.90 bits per heavy atom. The van der Waals surface area contributed by atoms with Gasteiger partial charge < -0.3 is 10.0 Å². The van der Waals surface area contributed by atoms with Gasteiger partial charge in [-0.2, -0.15) is 0 Å². The van der Waals surface area contributed by atoms with Gasteiger partial charge in [-0.25, -0.2) is 0 Å². The summed E-state index contributed by atoms with van der Waals surface area (Å²) in [7, 11) is 0. The maximum Gasteiger partial charge on any atom is 0.294 e. The molecule has 1 saturated heterocycles. The molecule has 2 atom stereocenters. The fourth-order valence-electron chi connectivity index (χ4n) is 4.22. The quantitative estimate of drug-likeness (QED) is 0.525. The predicted molar refractivity (Wildman–Crippen MR) is 123 cm³/mol. The number of ketones is 1. The Hall–Kier alpha value is -1.98. The lowest BCUT2D eigenvalue weighted by Crippen LogP contribution is -2.35. The number of hydrogen-bond acceptors (Lipinski definition) is 4. The van der Waals surface area contributed by atoms with Crippen LogP contribution in [-0.2, 0) is 21.4 Å². The molecule has 0 aliphatic carbocycles. The fraction of sp³-hybridized carbons (Fsp3) is 0.520. The molecule has 4 nitrogen and oxygen atoms in total. The number of unbranched alkanes of at least 4 members (excludes halogenated alkanes) is 1. The Labute approximate surface area is 183 Å². The molecule has 2 aromatic rings. The summed E-state index contributed by atoms with van der Waals surface area (Å²) in [6.07, 6.45) is 5.47. The summed E-state index contributed by atoms with van der Waals surface area (Å²) in [6, 6.07) is 11.9. The van der Waals surface area contributed by atoms with Crippen LogP contribution in [0.1, 0.15) is 69.7 Å². The number of amides is 1. The molecule has 1 amide bonds. The van der Waals surface area contributed by atoms with Crippen LogP contribution in [0.25, 0.3) is 0 Å². The molecule has 162 valence electrons. The molecule has 1 N–H and O–H groups in total. The van der Waals surface area contributed by atoms with Gasteiger partial charge in [0.1, 0.15) is 0 Å². The van der Waals surface area contributed by atoms with Gasteiger partial charge in [0.25, 0.3) is 5.91 Å². The van der Waals surface area contributed by atoms with E-state index in [4.69, 9.17) is 0 Å². The molecule has 0 saturated carbocycles. The second kappa shape index (κ2) is 9.88. The van der Waals surface area contributed by atoms with Crippen LogP contribution in [0.5, 0.6) is 0 Å². The van der Waals surface area contributed by atoms with Crippen molar-refractivity contribution in [1.82, 2.24) is 0 Å². The number of hydrogen-bond donors (Lipinski definition) is 1. The number of anilines is 1. The van der Waals surface area contributed by atoms with Gasteiger partial charge in [0.2, 0.25) is 5.78 Å². The van der Waals surface area contributed by atoms with E-state index in [0.29, 0.717) is 6.42 Å². The van der Waals surface area contributed by atoms with E-state index in [1.54, 1.807) is 16.2 Å². The van der Waals surface area contributed by atoms with Crippen molar-refractivity contribution in [3.8, 4) is 0 Å². The van der Waals surface area contributed by atoms with E-state index in [9.17, 15) is 14.7 Å². The minimum Gasteiger partial charge on any atom is -0.392 e. The van der Waals surface area contributed by atoms with E-state index in [1.807, 2.05) is 24.3 Å². The number of benzene rings is 1. The SMILES string of the molecule is CCCCC(O)C(C)(C)c1ccc(N2C(=O)C(=O)CC2CCCc2cccs2)cc1. The first-order valence-corrected chi connectivity index (χ1v) is 11.9. The van der Waals surface area contributed by atoms with Gasteiger partial charge in [-0.1, -0.05) is 51.8 Å². The highest BCUT2D eigenvalue weighted by atomic mass is 32.1. The number of carbonyl (C=O) groups excluding carboxylic acids is 2. The normalized spacial score (nSPS) is 18.3. The number of nitrogens with zero attached hydrogens (tertiary/aromatic N) is 1. The average Bonchev–Trinajstić information content (AvgIpc) is 3.34. The minimum absolute atomic E-state index is 0.0704. The van der Waals surface area contributed by atoms with E-state index < -0.39 is 12.0 Å². The van der Waals surface area contributed by atoms with Crippen LogP contribution in [0.3, 0.4) is 0 Å². The average molecular weight is 428 g/mol. The third-order valence-corrected chi connectivity index (χ3v) is 7.27. The van der Waals surface area contributed by atoms with Crippen LogP contribution in [0.15, 0.2) is 41.8 Å². The number of aliphatic hydroxyl groups excluding tert-OH is 1. The lowest BCUT2D eigenvalue weighted by molar-refractivity contribution is -0.133. The topological polar surface area (TPSA) is 57.6 Å². The van der Waals surface area contributed by atoms with Gasteiger partial charge in [0, 0.05) is 28.4 Å². The van der Waals surface area contributed by atoms with E-state index >= 15 is 0 Å². The molecule has 1 aromatic carbocycles. The maximum atomic E-state index is 12.6. The smallest absolute Gasteiger partial charge is 0.294 e. The van der Waals surface area contributed by atoms with Gasteiger partial charge >= 0.3 is 0 Å². The van der Waals surface area contributed by atoms with Gasteiger partial charge in [-0.3, -0.25) is 9.59 Å². The Kier molecular flexibility index (Phi) is 7.48. The van der Waals surface area contributed by atoms with Gasteiger partial charge in [-0.05, 0) is 54.8 Å². The molecule has 2 unspecified atom stereocenters. The molecule has 30 heavy (non-hydrogen) atoms. The van der Waals surface area contributed by atoms with Crippen molar-refractivity contribution in [1.29, 1.82) is 0 Å². The standard InChI is InChI=1S/C25H33NO3S/c1-4-5-11-23(28)25(2,3)18-12-14-19(15-13-18)26-20(17-22(27)24(26)29)8-6-9-21-10-7-16-30-21/h7,10,12-16,20,23,28H,4-6,8-9,11,17H2,1-3H3. The van der Waals surface area contributed by atoms with E-state index in [-0.39, 0.29) is 17.2 Å². The summed E-state index contributed by atoms with van der Waals surface area (Å²) in [5, 5.41) is 12.7. The van der Waals surface area contributed by atoms with E-state index in [2.05, 4.69) is 38.3 Å². The van der Waals surface area contributed by atoms with Crippen LogP contribution in [0.2, 0.25) is 0 Å². The molecule has 0 spiro atoms. The van der Waals surface area contributed by atoms with E-state index in [1.165, 1.54) is 4.88 Å². The zero-order valence-electron chi connectivity index (χ0n) is 18.3. The third-order valence-electron chi connectivity index (χ3n) is 6.34. The summed E-state index contributed by atoms with van der Waals surface area (Å²) in [5.41, 5.74) is 1.45. The van der Waals surface area contributed by atoms with Crippen molar-refractivity contribution in [3.63, 3.8) is 0 Å². The largest absolute Gasteiger partial charge is 0.392 e. The zero-order valence-corrected chi connectivity index (χ0v) is 19.1. The Balaban J connectivity index is 1.70. The second-order valence-electron chi connectivity index (χ2n) is 8.85. The van der Waals surface area contributed by atoms with Crippen molar-refractivity contribution in [2.75, 3.05) is 4.90 Å². The minimum atomic E-state index is -0.414. The number of Topliss-reactive ketones (excluding diaryl/α,β-unsaturated/α-hetero) is 1. The first-order chi connectivity index (χ1) is 14.3. The number of thiophene rings is 1. The van der Waals surface area contributed by atoms with Crippen LogP contribution in [0.4, 0.5) is 5.69 Å². The van der Waals surface area contributed by atoms with E-state index in [0.717, 1.165) is 49.8 Å². The fourth-order valence-corrected chi connectivity index (χ4v) is 4.97. The highest BCUT2D eigenvalue weighted by Crippen LogP contribution is 2.33. The lowest BCUT2D eigenvalue weighted by atomic mass is 9.77. The Morgan fingerprint density at radius 1 is 1.17 bits per heavy atom. The molecule has 1 fully saturated rings. The van der Waals surface area contributed by atoms with Crippen molar-refractivity contribution < 1.29 is 14.7 Å². The molecule has 5 heteroatoms. The lowest BCUT2D eigenvalue weighted by Gasteiger charge is -2.32. The van der Waals surface area contributed by atoms with Crippen LogP contribution in [0, 0.1) is 0 Å². The van der Waals surface area contributed by atoms with Crippen molar-refractivity contribution in [2.45, 2.75) is 83.3 Å². The first-order valence-electron chi connectivity index (χ1n) is 11.0. The second-order valence-corrected chi connectivity index (χ2v) is 9.89. The summed E-state index contributed by atoms with van der Waals surface area (Å²) in [6.45, 7) is 6.24. The number of aliphatic hydroxyl groups is 1. The predicted octanol–water partition coefficient (Wildman–Crippen LogP) is 5.27. The van der Waals surface area contributed by atoms with Gasteiger partial charge in [0.15, 0.2) is 0 Å². The summed E-state index contributed by atoms with van der Waals surface area (Å²) >= 11 is 1.75. The summed E-state index contributed by atoms with van der Waals surface area (Å²) < 4.78 is 0. The maximum absolute atomic E-state index is 12.6. The Morgan fingerprint density at radius 3 is 2.53 bits per heavy atom. The zero-order chi connectivity index (χ0) is 21.7. The van der Waals surface area contributed by atoms with Crippen LogP contribution >= 0.6 is 11.3 Å². The van der Waals surface area contributed by atoms with Crippen molar-refractivity contribution >= 4 is 28.7 Å². The van der Waals surface area contributed by atoms with Crippen molar-refractivity contribution in [2.24, 2.45) is 0 Å². The van der Waals surface area contributed by atoms with Crippen molar-refractivity contribution in [3.05, 3.63) is 52.2 Å². The number of rotatable bonds is 10. The van der Waals surface area contributed by atoms with Crippen LogP contribution < -0.4 is 4.90 Å². The van der Waals surface area contributed by atoms with Gasteiger partial charge in [0.05, 0.1) is 6.10 Å². The highest BCUT2D eigenvalue weighted by molar-refractivity contribution is 7.09. The molecule has 2 heterocycles. The Bertz CT molecular complexity index is 842. The molecule has 0 bridgehead atoms. The molecule has 1 aliphatic rings. The third kappa shape index (κ3) is 5.01. The molecule has 0 radical (unpaired) electrons. The monoisotopic (exact) mass is 427 g/mol. The van der Waals surface area contributed by atoms with Gasteiger partial charge in [-0.15, -0.1) is 11.3 Å². The summed E-state index contributed by atoms with van der Waals surface area (Å²) in [4.78, 5) is 27.7. The number of aryl methyl sites for hydroxylation is 1. The first kappa shape index (κ1) is 22.7. The van der Waals surface area contributed by atoms with Crippen LogP contribution in [-0.4, -0.2) is 28.9 Å². The molecule has 1 aromatic heterocycles. The molecular weight excluding hydrogens is 394 g/mol. The summed E-state index contributed by atoms with van der Waals surface area (Å²) in [5.74, 6) is -0.693. The molecular formula is C25H33NO3S. The number of carbonyl (C=O) groups is 2. The molecule has 3 rings (SSSR count). The highest BCUT2D eigenvalue weighted by Gasteiger charge is 2.39.